The van der Waals surface area contributed by atoms with Crippen LogP contribution in [0.4, 0.5) is 5.69 Å². The maximum Gasteiger partial charge on any atom is 0.146 e. The van der Waals surface area contributed by atoms with E-state index in [4.69, 9.17) is 19.3 Å². The summed E-state index contributed by atoms with van der Waals surface area (Å²) in [6, 6.07) is 40.3. The Labute approximate surface area is 310 Å². The number of ether oxygens (including phenoxy) is 1. The number of allylic oxidation sites excluding steroid dienone is 4. The predicted molar refractivity (Wildman–Crippen MR) is 224 cm³/mol. The van der Waals surface area contributed by atoms with Gasteiger partial charge < -0.3 is 28.4 Å². The number of furan rings is 2. The normalized spacial score (nSPS) is 15.5. The first-order chi connectivity index (χ1) is 26.7. The van der Waals surface area contributed by atoms with E-state index < -0.39 is 0 Å². The van der Waals surface area contributed by atoms with Crippen molar-refractivity contribution in [1.29, 1.82) is 0 Å². The van der Waals surface area contributed by atoms with Crippen LogP contribution in [0.5, 0.6) is 5.75 Å². The fourth-order valence-corrected chi connectivity index (χ4v) is 8.64. The molecule has 0 amide bonds. The largest absolute Gasteiger partial charge is 0.489 e. The zero-order chi connectivity index (χ0) is 35.9. The van der Waals surface area contributed by atoms with Crippen LogP contribution in [0.3, 0.4) is 0 Å². The second-order valence-corrected chi connectivity index (χ2v) is 14.0. The van der Waals surface area contributed by atoms with Gasteiger partial charge in [-0.25, -0.2) is 0 Å². The predicted octanol–water partition coefficient (Wildman–Crippen LogP) is 12.6. The molecule has 0 spiro atoms. The average molecular weight is 702 g/mol. The van der Waals surface area contributed by atoms with E-state index in [2.05, 4.69) is 124 Å². The molecule has 6 nitrogen and oxygen atoms in total. The molecule has 11 rings (SSSR count). The molecule has 1 aliphatic rings. The molecule has 54 heavy (non-hydrogen) atoms. The zero-order valence-corrected chi connectivity index (χ0v) is 29.7. The number of aromatic nitrogens is 2. The van der Waals surface area contributed by atoms with E-state index in [1.165, 1.54) is 11.3 Å². The molecule has 1 aliphatic heterocycles. The average Bonchev–Trinajstić information content (AvgIpc) is 3.94. The number of nitrogens with two attached hydrogens (primary N) is 1. The molecule has 0 saturated carbocycles. The lowest BCUT2D eigenvalue weighted by Gasteiger charge is -2.14. The van der Waals surface area contributed by atoms with E-state index in [-0.39, 0.29) is 0 Å². The van der Waals surface area contributed by atoms with Crippen molar-refractivity contribution >= 4 is 94.0 Å². The van der Waals surface area contributed by atoms with E-state index >= 15 is 0 Å². The van der Waals surface area contributed by atoms with Gasteiger partial charge in [0, 0.05) is 44.7 Å². The first kappa shape index (κ1) is 30.7. The van der Waals surface area contributed by atoms with E-state index in [1.54, 1.807) is 0 Å². The van der Waals surface area contributed by atoms with Crippen LogP contribution < -0.4 is 10.5 Å². The van der Waals surface area contributed by atoms with Gasteiger partial charge >= 0.3 is 0 Å². The maximum absolute atomic E-state index is 7.15. The summed E-state index contributed by atoms with van der Waals surface area (Å²) in [5.74, 6) is 0.929. The Morgan fingerprint density at radius 3 is 2.22 bits per heavy atom. The van der Waals surface area contributed by atoms with Crippen molar-refractivity contribution in [1.82, 2.24) is 9.13 Å². The quantitative estimate of drug-likeness (QED) is 0.186. The SMILES string of the molecule is C/C=C\c1c(N)c2c3oc4c(ccc5c4c4ccccc4n5/C4=C/Cc5ccccc5OC/C=C\C4)c3ccc2n1-c1ccc2oc3ccccc3c2c1. The fourth-order valence-electron chi connectivity index (χ4n) is 8.64. The summed E-state index contributed by atoms with van der Waals surface area (Å²) >= 11 is 0. The summed E-state index contributed by atoms with van der Waals surface area (Å²) in [5, 5.41) is 7.43. The Hall–Kier alpha value is -6.92. The van der Waals surface area contributed by atoms with Crippen molar-refractivity contribution in [3.63, 3.8) is 0 Å². The van der Waals surface area contributed by atoms with E-state index in [1.807, 2.05) is 37.3 Å². The van der Waals surface area contributed by atoms with Gasteiger partial charge in [0.25, 0.3) is 0 Å². The highest BCUT2D eigenvalue weighted by Gasteiger charge is 2.24. The first-order valence-corrected chi connectivity index (χ1v) is 18.5. The van der Waals surface area contributed by atoms with Crippen molar-refractivity contribution in [2.24, 2.45) is 0 Å². The van der Waals surface area contributed by atoms with Gasteiger partial charge in [-0.1, -0.05) is 78.9 Å². The van der Waals surface area contributed by atoms with Crippen LogP contribution in [0.15, 0.2) is 148 Å². The Morgan fingerprint density at radius 2 is 1.35 bits per heavy atom. The number of fused-ring (bicyclic) bond motifs is 13. The third-order valence-electron chi connectivity index (χ3n) is 11.0. The molecule has 0 saturated heterocycles. The van der Waals surface area contributed by atoms with Gasteiger partial charge in [0.05, 0.1) is 38.7 Å². The van der Waals surface area contributed by atoms with Gasteiger partial charge in [0.15, 0.2) is 0 Å². The summed E-state index contributed by atoms with van der Waals surface area (Å²) < 4.78 is 24.0. The van der Waals surface area contributed by atoms with Crippen LogP contribution in [0.25, 0.3) is 94.0 Å². The molecule has 0 fully saturated rings. The lowest BCUT2D eigenvalue weighted by Crippen LogP contribution is -2.02. The Kier molecular flexibility index (Phi) is 6.71. The first-order valence-electron chi connectivity index (χ1n) is 18.5. The zero-order valence-electron chi connectivity index (χ0n) is 29.7. The molecule has 5 heterocycles. The van der Waals surface area contributed by atoms with Gasteiger partial charge in [0.1, 0.15) is 34.7 Å². The van der Waals surface area contributed by atoms with Crippen molar-refractivity contribution in [3.05, 3.63) is 151 Å². The number of hydrogen-bond acceptors (Lipinski definition) is 4. The molecule has 0 bridgehead atoms. The number of para-hydroxylation sites is 3. The molecule has 0 aliphatic carbocycles. The topological polar surface area (TPSA) is 71.4 Å². The minimum Gasteiger partial charge on any atom is -0.489 e. The van der Waals surface area contributed by atoms with Crippen molar-refractivity contribution in [2.75, 3.05) is 12.3 Å². The molecule has 0 atom stereocenters. The van der Waals surface area contributed by atoms with Gasteiger partial charge in [-0.05, 0) is 85.6 Å². The summed E-state index contributed by atoms with van der Waals surface area (Å²) in [6.07, 6.45) is 12.3. The van der Waals surface area contributed by atoms with Gasteiger partial charge in [-0.15, -0.1) is 0 Å². The highest BCUT2D eigenvalue weighted by atomic mass is 16.5. The Bertz CT molecular complexity index is 3250. The van der Waals surface area contributed by atoms with Crippen LogP contribution in [0.2, 0.25) is 0 Å². The standard InChI is InChI=1S/C48H35N3O3/c1-2-11-40-46(49)45-39(51(40)31-21-26-43-36(28-31)32-14-5-8-18-42(32)53-43)25-23-34-33-22-24-38-44(47(33)54-48(34)45)35-15-4-6-16-37(35)50(38)30-13-9-10-27-52-41-17-7-3-12-29(41)19-20-30/h2-12,14-18,20-26,28H,13,19,27,49H2,1H3/b10-9-,11-2-,30-20+. The van der Waals surface area contributed by atoms with Gasteiger partial charge in [-0.2, -0.15) is 0 Å². The summed E-state index contributed by atoms with van der Waals surface area (Å²) in [4.78, 5) is 0. The summed E-state index contributed by atoms with van der Waals surface area (Å²) in [7, 11) is 0. The fraction of sp³-hybridized carbons (Fsp3) is 0.0833. The molecule has 6 heteroatoms. The smallest absolute Gasteiger partial charge is 0.146 e. The minimum absolute atomic E-state index is 0.543. The number of rotatable bonds is 3. The van der Waals surface area contributed by atoms with E-state index in [0.717, 1.165) is 107 Å². The second-order valence-electron chi connectivity index (χ2n) is 14.0. The second kappa shape index (κ2) is 11.8. The molecule has 4 aromatic heterocycles. The van der Waals surface area contributed by atoms with Crippen molar-refractivity contribution in [3.8, 4) is 11.4 Å². The van der Waals surface area contributed by atoms with Crippen LogP contribution >= 0.6 is 0 Å². The molecule has 0 unspecified atom stereocenters. The molecule has 2 N–H and O–H groups in total. The number of nitrogens with zero attached hydrogens (tertiary/aromatic N) is 2. The van der Waals surface area contributed by atoms with Crippen molar-refractivity contribution in [2.45, 2.75) is 19.8 Å². The number of benzene rings is 6. The number of anilines is 1. The lowest BCUT2D eigenvalue weighted by molar-refractivity contribution is 0.359. The monoisotopic (exact) mass is 701 g/mol. The molecule has 0 radical (unpaired) electrons. The van der Waals surface area contributed by atoms with E-state index in [0.29, 0.717) is 12.3 Å². The van der Waals surface area contributed by atoms with Crippen LogP contribution in [0, 0.1) is 0 Å². The van der Waals surface area contributed by atoms with E-state index in [9.17, 15) is 0 Å². The molecule has 10 aromatic rings. The van der Waals surface area contributed by atoms with Crippen LogP contribution in [-0.4, -0.2) is 15.7 Å². The summed E-state index contributed by atoms with van der Waals surface area (Å²) in [6.45, 7) is 2.57. The van der Waals surface area contributed by atoms with Crippen LogP contribution in [-0.2, 0) is 6.42 Å². The van der Waals surface area contributed by atoms with Gasteiger partial charge in [0.2, 0.25) is 0 Å². The Morgan fingerprint density at radius 1 is 0.611 bits per heavy atom. The Balaban J connectivity index is 1.16. The van der Waals surface area contributed by atoms with Crippen LogP contribution in [0.1, 0.15) is 24.6 Å². The molecular formula is C48H35N3O3. The number of nitrogen functional groups attached to an aromatic ring is 1. The highest BCUT2D eigenvalue weighted by Crippen LogP contribution is 2.45. The molecule has 260 valence electrons. The molecular weight excluding hydrogens is 667 g/mol. The third-order valence-corrected chi connectivity index (χ3v) is 11.0. The van der Waals surface area contributed by atoms with Crippen molar-refractivity contribution < 1.29 is 13.6 Å². The van der Waals surface area contributed by atoms with Gasteiger partial charge in [-0.3, -0.25) is 0 Å². The summed E-state index contributed by atoms with van der Waals surface area (Å²) in [5.41, 5.74) is 18.8. The maximum atomic E-state index is 7.15. The molecule has 6 aromatic carbocycles. The number of hydrogen-bond donors (Lipinski definition) is 1. The lowest BCUT2D eigenvalue weighted by atomic mass is 10.1. The highest BCUT2D eigenvalue weighted by molar-refractivity contribution is 6.27. The third kappa shape index (κ3) is 4.40. The minimum atomic E-state index is 0.543.